The van der Waals surface area contributed by atoms with Crippen molar-refractivity contribution in [3.05, 3.63) is 36.5 Å². The van der Waals surface area contributed by atoms with Crippen LogP contribution in [-0.2, 0) is 4.79 Å². The van der Waals surface area contributed by atoms with Gasteiger partial charge in [0.1, 0.15) is 12.2 Å². The highest BCUT2D eigenvalue weighted by Gasteiger charge is 2.28. The molecular weight excluding hydrogens is 695 g/mol. The van der Waals surface area contributed by atoms with E-state index in [9.17, 15) is 25.2 Å². The van der Waals surface area contributed by atoms with Crippen LogP contribution in [0.25, 0.3) is 0 Å². The Bertz CT molecular complexity index is 889. The van der Waals surface area contributed by atoms with Gasteiger partial charge >= 0.3 is 0 Å². The number of carbonyl (C=O) groups is 1. The molecule has 4 unspecified atom stereocenters. The minimum absolute atomic E-state index is 0.362. The predicted molar refractivity (Wildman–Crippen MR) is 242 cm³/mol. The van der Waals surface area contributed by atoms with Crippen LogP contribution in [0.3, 0.4) is 0 Å². The second-order valence-electron chi connectivity index (χ2n) is 16.8. The number of unbranched alkanes of at least 4 members (excludes halogenated alkanes) is 29. The fraction of sp³-hybridized carbons (Fsp3) is 0.860. The van der Waals surface area contributed by atoms with Crippen molar-refractivity contribution in [1.82, 2.24) is 5.32 Å². The highest BCUT2D eigenvalue weighted by Crippen LogP contribution is 2.16. The first-order valence-corrected chi connectivity index (χ1v) is 24.4. The second-order valence-corrected chi connectivity index (χ2v) is 16.8. The van der Waals surface area contributed by atoms with Crippen LogP contribution in [-0.4, -0.2) is 57.3 Å². The van der Waals surface area contributed by atoms with E-state index in [0.717, 1.165) is 51.4 Å². The Labute approximate surface area is 347 Å². The Kier molecular flexibility index (Phi) is 43.5. The van der Waals surface area contributed by atoms with E-state index in [-0.39, 0.29) is 0 Å². The molecular formula is C50H95NO5. The third-order valence-electron chi connectivity index (χ3n) is 11.3. The van der Waals surface area contributed by atoms with Crippen molar-refractivity contribution < 1.29 is 25.2 Å². The molecule has 0 saturated carbocycles. The van der Waals surface area contributed by atoms with Gasteiger partial charge in [0.05, 0.1) is 18.8 Å². The molecule has 56 heavy (non-hydrogen) atoms. The minimum Gasteiger partial charge on any atom is -0.394 e. The van der Waals surface area contributed by atoms with Gasteiger partial charge in [-0.15, -0.1) is 0 Å². The quantitative estimate of drug-likeness (QED) is 0.0312. The monoisotopic (exact) mass is 790 g/mol. The summed E-state index contributed by atoms with van der Waals surface area (Å²) in [7, 11) is 0. The van der Waals surface area contributed by atoms with Gasteiger partial charge in [0.25, 0.3) is 0 Å². The number of aliphatic hydroxyl groups is 4. The summed E-state index contributed by atoms with van der Waals surface area (Å²) >= 11 is 0. The first-order valence-electron chi connectivity index (χ1n) is 24.4. The normalized spacial score (nSPS) is 14.3. The fourth-order valence-electron chi connectivity index (χ4n) is 7.44. The van der Waals surface area contributed by atoms with Crippen LogP contribution in [0.5, 0.6) is 0 Å². The van der Waals surface area contributed by atoms with Gasteiger partial charge in [-0.2, -0.15) is 0 Å². The van der Waals surface area contributed by atoms with E-state index in [4.69, 9.17) is 0 Å². The molecule has 0 aromatic rings. The molecule has 6 nitrogen and oxygen atoms in total. The van der Waals surface area contributed by atoms with Crippen molar-refractivity contribution in [3.63, 3.8) is 0 Å². The maximum absolute atomic E-state index is 12.5. The highest BCUT2D eigenvalue weighted by atomic mass is 16.3. The number of carbonyl (C=O) groups excluding carboxylic acids is 1. The molecule has 0 rings (SSSR count). The smallest absolute Gasteiger partial charge is 0.249 e. The first-order chi connectivity index (χ1) is 27.5. The van der Waals surface area contributed by atoms with Gasteiger partial charge in [0.15, 0.2) is 0 Å². The number of hydrogen-bond acceptors (Lipinski definition) is 5. The molecule has 0 fully saturated rings. The Hall–Kier alpha value is -1.47. The number of amides is 1. The van der Waals surface area contributed by atoms with Gasteiger partial charge in [0.2, 0.25) is 5.91 Å². The molecule has 0 aliphatic rings. The molecule has 5 N–H and O–H groups in total. The summed E-state index contributed by atoms with van der Waals surface area (Å²) in [5, 5.41) is 43.8. The van der Waals surface area contributed by atoms with Crippen molar-refractivity contribution in [2.45, 2.75) is 269 Å². The summed E-state index contributed by atoms with van der Waals surface area (Å²) in [4.78, 5) is 12.5. The van der Waals surface area contributed by atoms with E-state index in [0.29, 0.717) is 19.3 Å². The summed E-state index contributed by atoms with van der Waals surface area (Å²) in [6.07, 6.45) is 53.3. The van der Waals surface area contributed by atoms with Crippen LogP contribution in [0.15, 0.2) is 36.5 Å². The Balaban J connectivity index is 3.76. The zero-order valence-electron chi connectivity index (χ0n) is 37.1. The summed E-state index contributed by atoms with van der Waals surface area (Å²) in [5.41, 5.74) is 0. The lowest BCUT2D eigenvalue weighted by molar-refractivity contribution is -0.132. The molecule has 0 radical (unpaired) electrons. The topological polar surface area (TPSA) is 110 Å². The van der Waals surface area contributed by atoms with E-state index in [2.05, 4.69) is 55.6 Å². The third-order valence-corrected chi connectivity index (χ3v) is 11.3. The Morgan fingerprint density at radius 2 is 0.750 bits per heavy atom. The van der Waals surface area contributed by atoms with Crippen LogP contribution in [0.4, 0.5) is 0 Å². The van der Waals surface area contributed by atoms with E-state index < -0.39 is 36.9 Å². The number of rotatable bonds is 44. The zero-order chi connectivity index (χ0) is 41.0. The molecule has 0 bridgehead atoms. The maximum Gasteiger partial charge on any atom is 0.249 e. The molecule has 0 aromatic carbocycles. The van der Waals surface area contributed by atoms with Crippen molar-refractivity contribution in [1.29, 1.82) is 0 Å². The van der Waals surface area contributed by atoms with E-state index >= 15 is 0 Å². The summed E-state index contributed by atoms with van der Waals surface area (Å²) in [6, 6.07) is -1.01. The maximum atomic E-state index is 12.5. The number of aliphatic hydroxyl groups excluding tert-OH is 4. The van der Waals surface area contributed by atoms with Crippen LogP contribution in [0, 0.1) is 0 Å². The molecule has 0 saturated heterocycles. The van der Waals surface area contributed by atoms with Gasteiger partial charge in [0, 0.05) is 0 Å². The van der Waals surface area contributed by atoms with Crippen molar-refractivity contribution >= 4 is 5.91 Å². The molecule has 1 amide bonds. The van der Waals surface area contributed by atoms with Crippen LogP contribution in [0.1, 0.15) is 245 Å². The van der Waals surface area contributed by atoms with Gasteiger partial charge in [-0.1, -0.05) is 217 Å². The molecule has 330 valence electrons. The van der Waals surface area contributed by atoms with Crippen molar-refractivity contribution in [2.24, 2.45) is 0 Å². The molecule has 0 aliphatic carbocycles. The zero-order valence-corrected chi connectivity index (χ0v) is 37.1. The van der Waals surface area contributed by atoms with Gasteiger partial charge < -0.3 is 25.7 Å². The number of allylic oxidation sites excluding steroid dienone is 6. The lowest BCUT2D eigenvalue weighted by Crippen LogP contribution is -2.53. The average Bonchev–Trinajstić information content (AvgIpc) is 3.20. The Morgan fingerprint density at radius 1 is 0.429 bits per heavy atom. The third kappa shape index (κ3) is 38.1. The lowest BCUT2D eigenvalue weighted by Gasteiger charge is -2.27. The molecule has 0 spiro atoms. The SMILES string of the molecule is CCCCCCCCC/C=C/CC/C=C/CC/C=C/CCCC(O)C(O)C(CO)NC(=O)C(O)CCCCCCCCCCCCCCCCCCCCCC. The summed E-state index contributed by atoms with van der Waals surface area (Å²) in [6.45, 7) is 4.04. The summed E-state index contributed by atoms with van der Waals surface area (Å²) < 4.78 is 0. The molecule has 6 heteroatoms. The first kappa shape index (κ1) is 54.5. The van der Waals surface area contributed by atoms with Crippen LogP contribution in [0.2, 0.25) is 0 Å². The molecule has 0 aliphatic heterocycles. The van der Waals surface area contributed by atoms with Crippen LogP contribution < -0.4 is 5.32 Å². The average molecular weight is 790 g/mol. The van der Waals surface area contributed by atoms with E-state index in [1.807, 2.05) is 0 Å². The standard InChI is InChI=1S/C50H95NO5/c1-3-5-7-9-11-13-15-17-19-21-23-25-27-29-31-33-35-37-39-41-43-47(53)49(55)46(45-52)51-50(56)48(54)44-42-40-38-36-34-32-30-28-26-24-22-20-18-16-14-12-10-8-6-4-2/h19,21,27,29,35,37,46-49,52-55H,3-18,20,22-26,28,30-34,36,38-45H2,1-2H3,(H,51,56)/b21-19+,29-27+,37-35+. The fourth-order valence-corrected chi connectivity index (χ4v) is 7.44. The Morgan fingerprint density at radius 3 is 1.12 bits per heavy atom. The summed E-state index contributed by atoms with van der Waals surface area (Å²) in [5.74, 6) is -0.597. The van der Waals surface area contributed by atoms with Crippen molar-refractivity contribution in [3.8, 4) is 0 Å². The largest absolute Gasteiger partial charge is 0.394 e. The van der Waals surface area contributed by atoms with Crippen molar-refractivity contribution in [2.75, 3.05) is 6.61 Å². The van der Waals surface area contributed by atoms with Crippen LogP contribution >= 0.6 is 0 Å². The molecule has 0 aromatic heterocycles. The number of hydrogen-bond donors (Lipinski definition) is 5. The highest BCUT2D eigenvalue weighted by molar-refractivity contribution is 5.80. The van der Waals surface area contributed by atoms with E-state index in [1.165, 1.54) is 161 Å². The van der Waals surface area contributed by atoms with Gasteiger partial charge in [-0.3, -0.25) is 4.79 Å². The predicted octanol–water partition coefficient (Wildman–Crippen LogP) is 13.3. The molecule has 4 atom stereocenters. The van der Waals surface area contributed by atoms with Gasteiger partial charge in [-0.05, 0) is 64.2 Å². The number of nitrogens with one attached hydrogen (secondary N) is 1. The van der Waals surface area contributed by atoms with Gasteiger partial charge in [-0.25, -0.2) is 0 Å². The van der Waals surface area contributed by atoms with E-state index in [1.54, 1.807) is 0 Å². The second kappa shape index (κ2) is 44.6. The minimum atomic E-state index is -1.29. The molecule has 0 heterocycles. The lowest BCUT2D eigenvalue weighted by atomic mass is 10.00.